The molecule has 0 saturated carbocycles. The van der Waals surface area contributed by atoms with E-state index in [1.807, 2.05) is 0 Å². The minimum atomic E-state index is -4.89. The molecule has 0 aliphatic rings. The predicted molar refractivity (Wildman–Crippen MR) is 56.5 cm³/mol. The zero-order chi connectivity index (χ0) is 13.1. The summed E-state index contributed by atoms with van der Waals surface area (Å²) < 4.78 is 35.9. The van der Waals surface area contributed by atoms with Gasteiger partial charge in [0.1, 0.15) is 5.75 Å². The molecule has 0 unspecified atom stereocenters. The summed E-state index contributed by atoms with van der Waals surface area (Å²) >= 11 is 0. The van der Waals surface area contributed by atoms with Gasteiger partial charge in [-0.2, -0.15) is 13.2 Å². The Labute approximate surface area is 95.6 Å². The topological polar surface area (TPSA) is 49.3 Å². The number of para-hydroxylation sites is 2. The Morgan fingerprint density at radius 3 is 2.47 bits per heavy atom. The van der Waals surface area contributed by atoms with E-state index in [4.69, 9.17) is 0 Å². The van der Waals surface area contributed by atoms with E-state index in [1.165, 1.54) is 19.1 Å². The molecule has 2 N–H and O–H groups in total. The molecular formula is C11H10F3NO2. The molecule has 1 aromatic rings. The van der Waals surface area contributed by atoms with Gasteiger partial charge in [-0.1, -0.05) is 12.1 Å². The highest BCUT2D eigenvalue weighted by Crippen LogP contribution is 2.23. The van der Waals surface area contributed by atoms with Crippen LogP contribution in [0.4, 0.5) is 18.9 Å². The summed E-state index contributed by atoms with van der Waals surface area (Å²) in [6, 6.07) is 6.02. The number of alkyl halides is 3. The number of anilines is 1. The monoisotopic (exact) mass is 245 g/mol. The van der Waals surface area contributed by atoms with E-state index < -0.39 is 12.0 Å². The van der Waals surface area contributed by atoms with Crippen molar-refractivity contribution in [1.82, 2.24) is 0 Å². The lowest BCUT2D eigenvalue weighted by Crippen LogP contribution is -2.21. The highest BCUT2D eigenvalue weighted by molar-refractivity contribution is 5.95. The Morgan fingerprint density at radius 1 is 1.35 bits per heavy atom. The molecular weight excluding hydrogens is 235 g/mol. The number of hydrogen-bond donors (Lipinski definition) is 2. The molecule has 0 aliphatic heterocycles. The fourth-order valence-corrected chi connectivity index (χ4v) is 1.11. The van der Waals surface area contributed by atoms with Gasteiger partial charge in [-0.15, -0.1) is 0 Å². The van der Waals surface area contributed by atoms with Crippen molar-refractivity contribution in [3.05, 3.63) is 36.0 Å². The molecule has 0 heterocycles. The SMILES string of the molecule is CC(=CC(=O)C(F)(F)F)Nc1ccccc1O. The second-order valence-electron chi connectivity index (χ2n) is 3.33. The van der Waals surface area contributed by atoms with E-state index in [1.54, 1.807) is 12.1 Å². The largest absolute Gasteiger partial charge is 0.506 e. The van der Waals surface area contributed by atoms with E-state index in [0.29, 0.717) is 6.08 Å². The van der Waals surface area contributed by atoms with Crippen molar-refractivity contribution in [2.45, 2.75) is 13.1 Å². The summed E-state index contributed by atoms with van der Waals surface area (Å²) in [7, 11) is 0. The van der Waals surface area contributed by atoms with Gasteiger partial charge in [0.05, 0.1) is 5.69 Å². The number of phenols is 1. The molecule has 1 rings (SSSR count). The van der Waals surface area contributed by atoms with Crippen LogP contribution in [0.1, 0.15) is 6.92 Å². The molecule has 0 radical (unpaired) electrons. The maximum Gasteiger partial charge on any atom is 0.454 e. The van der Waals surface area contributed by atoms with Crippen LogP contribution in [0.3, 0.4) is 0 Å². The molecule has 0 aromatic heterocycles. The van der Waals surface area contributed by atoms with Crippen molar-refractivity contribution in [1.29, 1.82) is 0 Å². The normalized spacial score (nSPS) is 12.4. The molecule has 0 saturated heterocycles. The molecule has 6 heteroatoms. The Balaban J connectivity index is 2.80. The number of allylic oxidation sites excluding steroid dienone is 2. The van der Waals surface area contributed by atoms with Crippen LogP contribution in [0.2, 0.25) is 0 Å². The minimum Gasteiger partial charge on any atom is -0.506 e. The number of nitrogens with one attached hydrogen (secondary N) is 1. The molecule has 0 bridgehead atoms. The minimum absolute atomic E-state index is 0.00572. The maximum atomic E-state index is 12.0. The molecule has 0 amide bonds. The van der Waals surface area contributed by atoms with Gasteiger partial charge in [0, 0.05) is 11.8 Å². The predicted octanol–water partition coefficient (Wildman–Crippen LogP) is 2.84. The van der Waals surface area contributed by atoms with Crippen LogP contribution in [-0.4, -0.2) is 17.1 Å². The van der Waals surface area contributed by atoms with Crippen molar-refractivity contribution < 1.29 is 23.1 Å². The van der Waals surface area contributed by atoms with Crippen LogP contribution in [0, 0.1) is 0 Å². The van der Waals surface area contributed by atoms with E-state index in [-0.39, 0.29) is 17.1 Å². The van der Waals surface area contributed by atoms with Gasteiger partial charge >= 0.3 is 6.18 Å². The van der Waals surface area contributed by atoms with Crippen LogP contribution in [-0.2, 0) is 4.79 Å². The summed E-state index contributed by atoms with van der Waals surface area (Å²) in [6.45, 7) is 1.30. The molecule has 92 valence electrons. The third-order valence-electron chi connectivity index (χ3n) is 1.86. The first-order valence-corrected chi connectivity index (χ1v) is 4.65. The highest BCUT2D eigenvalue weighted by Gasteiger charge is 2.36. The maximum absolute atomic E-state index is 12.0. The fourth-order valence-electron chi connectivity index (χ4n) is 1.11. The summed E-state index contributed by atoms with van der Waals surface area (Å²) in [6.07, 6.45) is -4.45. The Hall–Kier alpha value is -1.98. The molecule has 0 atom stereocenters. The lowest BCUT2D eigenvalue weighted by Gasteiger charge is -2.08. The van der Waals surface area contributed by atoms with Crippen molar-refractivity contribution in [2.24, 2.45) is 0 Å². The summed E-state index contributed by atoms with van der Waals surface area (Å²) in [5.74, 6) is -2.06. The summed E-state index contributed by atoms with van der Waals surface area (Å²) in [5, 5.41) is 11.9. The molecule has 0 spiro atoms. The lowest BCUT2D eigenvalue weighted by atomic mass is 10.2. The van der Waals surface area contributed by atoms with E-state index in [9.17, 15) is 23.1 Å². The summed E-state index contributed by atoms with van der Waals surface area (Å²) in [4.78, 5) is 10.6. The number of benzene rings is 1. The first-order chi connectivity index (χ1) is 7.80. The quantitative estimate of drug-likeness (QED) is 0.636. The van der Waals surface area contributed by atoms with Gasteiger partial charge in [-0.05, 0) is 19.1 Å². The van der Waals surface area contributed by atoms with Crippen molar-refractivity contribution >= 4 is 11.5 Å². The number of hydrogen-bond acceptors (Lipinski definition) is 3. The number of halogens is 3. The molecule has 3 nitrogen and oxygen atoms in total. The van der Waals surface area contributed by atoms with Gasteiger partial charge < -0.3 is 10.4 Å². The van der Waals surface area contributed by atoms with Crippen LogP contribution < -0.4 is 5.32 Å². The zero-order valence-electron chi connectivity index (χ0n) is 8.88. The molecule has 0 aliphatic carbocycles. The number of ketones is 1. The average Bonchev–Trinajstić information content (AvgIpc) is 2.20. The van der Waals surface area contributed by atoms with Gasteiger partial charge in [-0.3, -0.25) is 4.79 Å². The molecule has 1 aromatic carbocycles. The second-order valence-corrected chi connectivity index (χ2v) is 3.33. The average molecular weight is 245 g/mol. The Bertz CT molecular complexity index is 452. The van der Waals surface area contributed by atoms with Crippen LogP contribution >= 0.6 is 0 Å². The Morgan fingerprint density at radius 2 is 1.94 bits per heavy atom. The second kappa shape index (κ2) is 4.90. The van der Waals surface area contributed by atoms with Crippen molar-refractivity contribution in [3.63, 3.8) is 0 Å². The van der Waals surface area contributed by atoms with Gasteiger partial charge in [-0.25, -0.2) is 0 Å². The van der Waals surface area contributed by atoms with Crippen LogP contribution in [0.25, 0.3) is 0 Å². The van der Waals surface area contributed by atoms with Gasteiger partial charge in [0.25, 0.3) is 5.78 Å². The Kier molecular flexibility index (Phi) is 3.77. The first kappa shape index (κ1) is 13.1. The van der Waals surface area contributed by atoms with Crippen molar-refractivity contribution in [3.8, 4) is 5.75 Å². The van der Waals surface area contributed by atoms with Gasteiger partial charge in [0.15, 0.2) is 0 Å². The smallest absolute Gasteiger partial charge is 0.454 e. The third kappa shape index (κ3) is 3.82. The number of rotatable bonds is 3. The van der Waals surface area contributed by atoms with E-state index in [0.717, 1.165) is 0 Å². The highest BCUT2D eigenvalue weighted by atomic mass is 19.4. The molecule has 17 heavy (non-hydrogen) atoms. The van der Waals surface area contributed by atoms with Crippen LogP contribution in [0.15, 0.2) is 36.0 Å². The number of phenolic OH excluding ortho intramolecular Hbond substituents is 1. The third-order valence-corrected chi connectivity index (χ3v) is 1.86. The number of carbonyl (C=O) groups is 1. The van der Waals surface area contributed by atoms with Crippen LogP contribution in [0.5, 0.6) is 5.75 Å². The van der Waals surface area contributed by atoms with E-state index in [2.05, 4.69) is 5.32 Å². The lowest BCUT2D eigenvalue weighted by molar-refractivity contribution is -0.165. The number of aromatic hydroxyl groups is 1. The molecule has 0 fully saturated rings. The fraction of sp³-hybridized carbons (Fsp3) is 0.182. The van der Waals surface area contributed by atoms with E-state index >= 15 is 0 Å². The summed E-state index contributed by atoms with van der Waals surface area (Å²) in [5.41, 5.74) is 0.227. The zero-order valence-corrected chi connectivity index (χ0v) is 8.88. The van der Waals surface area contributed by atoms with Gasteiger partial charge in [0.2, 0.25) is 0 Å². The number of carbonyl (C=O) groups excluding carboxylic acids is 1. The first-order valence-electron chi connectivity index (χ1n) is 4.65. The van der Waals surface area contributed by atoms with Crippen molar-refractivity contribution in [2.75, 3.05) is 5.32 Å². The standard InChI is InChI=1S/C11H10F3NO2/c1-7(6-10(17)11(12,13)14)15-8-4-2-3-5-9(8)16/h2-6,15-16H,1H3.